The summed E-state index contributed by atoms with van der Waals surface area (Å²) < 4.78 is 43.4. The number of nitrogens with one attached hydrogen (secondary N) is 1. The number of imidazole rings is 1. The zero-order valence-electron chi connectivity index (χ0n) is 19.2. The molecule has 0 bridgehead atoms. The number of alkyl halides is 3. The van der Waals surface area contributed by atoms with Gasteiger partial charge in [0.2, 0.25) is 5.43 Å². The Kier molecular flexibility index (Phi) is 5.77. The first-order valence-electron chi connectivity index (χ1n) is 11.4. The summed E-state index contributed by atoms with van der Waals surface area (Å²) in [6.45, 7) is 1.99. The van der Waals surface area contributed by atoms with Gasteiger partial charge < -0.3 is 9.88 Å². The van der Waals surface area contributed by atoms with Crippen LogP contribution in [-0.4, -0.2) is 43.2 Å². The van der Waals surface area contributed by atoms with Crippen molar-refractivity contribution in [3.05, 3.63) is 92.3 Å². The molecule has 11 heteroatoms. The van der Waals surface area contributed by atoms with Gasteiger partial charge in [0.1, 0.15) is 0 Å². The lowest BCUT2D eigenvalue weighted by molar-refractivity contribution is -0.137. The van der Waals surface area contributed by atoms with Crippen LogP contribution in [0.5, 0.6) is 0 Å². The molecule has 36 heavy (non-hydrogen) atoms. The smallest absolute Gasteiger partial charge is 0.337 e. The van der Waals surface area contributed by atoms with Gasteiger partial charge in [-0.05, 0) is 44.0 Å². The van der Waals surface area contributed by atoms with Crippen molar-refractivity contribution in [1.82, 2.24) is 24.2 Å². The summed E-state index contributed by atoms with van der Waals surface area (Å²) in [6, 6.07) is 13.2. The summed E-state index contributed by atoms with van der Waals surface area (Å²) in [5.41, 5.74) is -0.851. The zero-order valence-corrected chi connectivity index (χ0v) is 19.2. The van der Waals surface area contributed by atoms with E-state index in [0.29, 0.717) is 12.8 Å². The minimum atomic E-state index is -4.64. The molecule has 2 aromatic carbocycles. The van der Waals surface area contributed by atoms with Gasteiger partial charge in [-0.25, -0.2) is 9.48 Å². The third-order valence-electron chi connectivity index (χ3n) is 6.49. The van der Waals surface area contributed by atoms with Gasteiger partial charge >= 0.3 is 11.9 Å². The molecule has 1 fully saturated rings. The summed E-state index contributed by atoms with van der Waals surface area (Å²) in [5, 5.41) is 4.07. The molecule has 0 unspecified atom stereocenters. The first-order valence-corrected chi connectivity index (χ1v) is 11.4. The van der Waals surface area contributed by atoms with Gasteiger partial charge in [-0.15, -0.1) is 0 Å². The second-order valence-corrected chi connectivity index (χ2v) is 8.77. The quantitative estimate of drug-likeness (QED) is 0.467. The van der Waals surface area contributed by atoms with Crippen molar-refractivity contribution in [2.24, 2.45) is 0 Å². The number of amides is 1. The summed E-state index contributed by atoms with van der Waals surface area (Å²) in [6.07, 6.45) is -3.69. The number of halogens is 3. The number of piperidine rings is 1. The summed E-state index contributed by atoms with van der Waals surface area (Å²) >= 11 is 0. The summed E-state index contributed by atoms with van der Waals surface area (Å²) in [5.74, 6) is -0.650. The fourth-order valence-corrected chi connectivity index (χ4v) is 4.75. The summed E-state index contributed by atoms with van der Waals surface area (Å²) in [7, 11) is 0. The maximum absolute atomic E-state index is 13.6. The Hall–Kier alpha value is -4.15. The van der Waals surface area contributed by atoms with Crippen LogP contribution in [0.25, 0.3) is 16.7 Å². The van der Waals surface area contributed by atoms with Crippen LogP contribution in [0, 0.1) is 6.92 Å². The second kappa shape index (κ2) is 8.81. The van der Waals surface area contributed by atoms with Crippen LogP contribution in [-0.2, 0) is 6.18 Å². The molecule has 0 radical (unpaired) electrons. The topological polar surface area (TPSA) is 93.0 Å². The Labute approximate surface area is 202 Å². The number of benzene rings is 2. The molecular weight excluding hydrogens is 475 g/mol. The molecule has 1 amide bonds. The first kappa shape index (κ1) is 23.6. The molecule has 0 atom stereocenters. The predicted octanol–water partition coefficient (Wildman–Crippen LogP) is 3.68. The number of hydrogen-bond acceptors (Lipinski definition) is 4. The molecule has 2 aromatic heterocycles. The number of aryl methyl sites for hydroxylation is 1. The Balaban J connectivity index is 1.42. The monoisotopic (exact) mass is 497 g/mol. The van der Waals surface area contributed by atoms with Crippen LogP contribution in [0.3, 0.4) is 0 Å². The molecule has 1 aliphatic rings. The van der Waals surface area contributed by atoms with Gasteiger partial charge in [0.05, 0.1) is 22.3 Å². The van der Waals surface area contributed by atoms with Crippen molar-refractivity contribution in [3.63, 3.8) is 0 Å². The van der Waals surface area contributed by atoms with E-state index in [1.54, 1.807) is 4.57 Å². The SMILES string of the molecule is Cc1cc(=O)c(C(=O)N2CCC(n3c(=O)[nH]c4ccccc43)CC2)nn1-c1ccccc1C(F)(F)F. The van der Waals surface area contributed by atoms with Crippen molar-refractivity contribution in [2.45, 2.75) is 32.0 Å². The number of H-pyrrole nitrogens is 1. The van der Waals surface area contributed by atoms with Crippen LogP contribution in [0.15, 0.2) is 64.2 Å². The minimum absolute atomic E-state index is 0.140. The number of para-hydroxylation sites is 3. The molecule has 5 rings (SSSR count). The Morgan fingerprint density at radius 3 is 2.42 bits per heavy atom. The van der Waals surface area contributed by atoms with Crippen molar-refractivity contribution in [1.29, 1.82) is 0 Å². The number of rotatable bonds is 3. The van der Waals surface area contributed by atoms with Crippen LogP contribution in [0.1, 0.15) is 40.6 Å². The van der Waals surface area contributed by atoms with E-state index in [1.165, 1.54) is 30.0 Å². The Morgan fingerprint density at radius 2 is 1.69 bits per heavy atom. The second-order valence-electron chi connectivity index (χ2n) is 8.77. The third kappa shape index (κ3) is 4.10. The number of aromatic amines is 1. The van der Waals surface area contributed by atoms with E-state index >= 15 is 0 Å². The van der Waals surface area contributed by atoms with Gasteiger partial charge in [-0.2, -0.15) is 18.3 Å². The Bertz CT molecular complexity index is 1580. The molecule has 1 aliphatic heterocycles. The van der Waals surface area contributed by atoms with Crippen LogP contribution in [0.2, 0.25) is 0 Å². The van der Waals surface area contributed by atoms with Gasteiger partial charge in [-0.3, -0.25) is 14.2 Å². The molecule has 1 N–H and O–H groups in total. The van der Waals surface area contributed by atoms with Crippen LogP contribution in [0.4, 0.5) is 13.2 Å². The summed E-state index contributed by atoms with van der Waals surface area (Å²) in [4.78, 5) is 42.7. The highest BCUT2D eigenvalue weighted by Gasteiger charge is 2.35. The number of carbonyl (C=O) groups excluding carboxylic acids is 1. The molecule has 0 saturated carbocycles. The lowest BCUT2D eigenvalue weighted by Gasteiger charge is -2.32. The fourth-order valence-electron chi connectivity index (χ4n) is 4.75. The van der Waals surface area contributed by atoms with Crippen molar-refractivity contribution < 1.29 is 18.0 Å². The molecular formula is C25H22F3N5O3. The minimum Gasteiger partial charge on any atom is -0.337 e. The molecule has 186 valence electrons. The van der Waals surface area contributed by atoms with Crippen molar-refractivity contribution in [3.8, 4) is 5.69 Å². The average Bonchev–Trinajstić information content (AvgIpc) is 3.19. The van der Waals surface area contributed by atoms with E-state index in [1.807, 2.05) is 24.3 Å². The number of nitrogens with zero attached hydrogens (tertiary/aromatic N) is 4. The van der Waals surface area contributed by atoms with E-state index in [0.717, 1.165) is 27.8 Å². The Morgan fingerprint density at radius 1 is 1.03 bits per heavy atom. The van der Waals surface area contributed by atoms with Crippen LogP contribution >= 0.6 is 0 Å². The van der Waals surface area contributed by atoms with E-state index in [2.05, 4.69) is 10.1 Å². The highest BCUT2D eigenvalue weighted by molar-refractivity contribution is 5.92. The number of likely N-dealkylation sites (tertiary alicyclic amines) is 1. The molecule has 0 spiro atoms. The van der Waals surface area contributed by atoms with E-state index in [9.17, 15) is 27.6 Å². The standard InChI is InChI=1S/C25H22F3N5O3/c1-15-14-21(34)22(30-33(15)19-8-4-2-6-17(19)25(26,27)28)23(35)31-12-10-16(11-13-31)32-20-9-5-3-7-18(20)29-24(32)36/h2-9,14,16H,10-13H2,1H3,(H,29,36). The third-order valence-corrected chi connectivity index (χ3v) is 6.49. The molecule has 0 aliphatic carbocycles. The average molecular weight is 497 g/mol. The van der Waals surface area contributed by atoms with Gasteiger partial charge in [0.15, 0.2) is 5.69 Å². The molecule has 4 aromatic rings. The fraction of sp³-hybridized carbons (Fsp3) is 0.280. The maximum atomic E-state index is 13.6. The van der Waals surface area contributed by atoms with E-state index < -0.39 is 28.8 Å². The van der Waals surface area contributed by atoms with Gasteiger partial charge in [0.25, 0.3) is 5.91 Å². The zero-order chi connectivity index (χ0) is 25.6. The highest BCUT2D eigenvalue weighted by Crippen LogP contribution is 2.33. The number of aromatic nitrogens is 4. The highest BCUT2D eigenvalue weighted by atomic mass is 19.4. The molecule has 3 heterocycles. The van der Waals surface area contributed by atoms with E-state index in [4.69, 9.17) is 0 Å². The van der Waals surface area contributed by atoms with E-state index in [-0.39, 0.29) is 36.2 Å². The number of fused-ring (bicyclic) bond motifs is 1. The van der Waals surface area contributed by atoms with Crippen molar-refractivity contribution >= 4 is 16.9 Å². The van der Waals surface area contributed by atoms with Crippen LogP contribution < -0.4 is 11.1 Å². The number of hydrogen-bond donors (Lipinski definition) is 1. The lowest BCUT2D eigenvalue weighted by atomic mass is 10.0. The predicted molar refractivity (Wildman–Crippen MR) is 126 cm³/mol. The lowest BCUT2D eigenvalue weighted by Crippen LogP contribution is -2.42. The van der Waals surface area contributed by atoms with Gasteiger partial charge in [0, 0.05) is 30.9 Å². The maximum Gasteiger partial charge on any atom is 0.418 e. The van der Waals surface area contributed by atoms with Gasteiger partial charge in [-0.1, -0.05) is 24.3 Å². The molecule has 1 saturated heterocycles. The largest absolute Gasteiger partial charge is 0.418 e. The number of carbonyl (C=O) groups is 1. The van der Waals surface area contributed by atoms with Crippen molar-refractivity contribution in [2.75, 3.05) is 13.1 Å². The normalized spacial score (nSPS) is 14.9. The first-order chi connectivity index (χ1) is 17.1. The molecule has 8 nitrogen and oxygen atoms in total.